The van der Waals surface area contributed by atoms with Crippen molar-refractivity contribution in [2.75, 3.05) is 20.1 Å². The first-order valence-corrected chi connectivity index (χ1v) is 14.6. The largest absolute Gasteiger partial charge is 0.341 e. The van der Waals surface area contributed by atoms with Gasteiger partial charge < -0.3 is 14.9 Å². The monoisotopic (exact) mass is 576 g/mol. The zero-order valence-corrected chi connectivity index (χ0v) is 25.4. The van der Waals surface area contributed by atoms with Gasteiger partial charge in [0.25, 0.3) is 5.92 Å². The van der Waals surface area contributed by atoms with Crippen molar-refractivity contribution in [1.29, 1.82) is 0 Å². The molecule has 0 spiro atoms. The van der Waals surface area contributed by atoms with Crippen LogP contribution >= 0.6 is 0 Å². The van der Waals surface area contributed by atoms with E-state index in [-0.39, 0.29) is 24.3 Å². The number of hydrogen-bond donors (Lipinski definition) is 2. The molecule has 0 aliphatic heterocycles. The molecule has 1 amide bonds. The molecule has 1 atom stereocenters. The van der Waals surface area contributed by atoms with Gasteiger partial charge in [-0.2, -0.15) is 0 Å². The lowest BCUT2D eigenvalue weighted by atomic mass is 9.96. The van der Waals surface area contributed by atoms with Gasteiger partial charge in [-0.15, -0.1) is 0 Å². The minimum absolute atomic E-state index is 0.00296. The lowest BCUT2D eigenvalue weighted by Gasteiger charge is -2.29. The molecule has 0 bridgehead atoms. The number of H-pyrrole nitrogens is 2. The molecule has 2 aromatic carbocycles. The van der Waals surface area contributed by atoms with Crippen LogP contribution < -0.4 is 0 Å². The number of carbonyl (C=O) groups is 1. The molecule has 0 radical (unpaired) electrons. The molecule has 224 valence electrons. The van der Waals surface area contributed by atoms with E-state index in [9.17, 15) is 13.6 Å². The van der Waals surface area contributed by atoms with Crippen molar-refractivity contribution in [3.63, 3.8) is 0 Å². The van der Waals surface area contributed by atoms with E-state index in [0.29, 0.717) is 5.82 Å². The highest BCUT2D eigenvalue weighted by atomic mass is 19.3. The summed E-state index contributed by atoms with van der Waals surface area (Å²) >= 11 is 0. The Bertz CT molecular complexity index is 1440. The molecule has 4 aromatic rings. The molecule has 2 heterocycles. The van der Waals surface area contributed by atoms with Crippen LogP contribution in [-0.4, -0.2) is 61.7 Å². The summed E-state index contributed by atoms with van der Waals surface area (Å²) in [5.74, 6) is -2.19. The van der Waals surface area contributed by atoms with Crippen LogP contribution in [0.3, 0.4) is 0 Å². The molecule has 9 heteroatoms. The minimum atomic E-state index is -3.00. The molecule has 0 aliphatic rings. The van der Waals surface area contributed by atoms with Crippen molar-refractivity contribution in [3.05, 3.63) is 72.6 Å². The smallest absolute Gasteiger partial charge is 0.262 e. The maximum Gasteiger partial charge on any atom is 0.262 e. The topological polar surface area (TPSA) is 80.9 Å². The second kappa shape index (κ2) is 13.4. The van der Waals surface area contributed by atoms with Crippen molar-refractivity contribution >= 4 is 5.91 Å². The molecule has 1 unspecified atom stereocenters. The predicted octanol–water partition coefficient (Wildman–Crippen LogP) is 7.25. The highest BCUT2D eigenvalue weighted by molar-refractivity contribution is 5.78. The molecule has 0 saturated heterocycles. The Morgan fingerprint density at radius 2 is 1.29 bits per heavy atom. The quantitative estimate of drug-likeness (QED) is 0.176. The zero-order valence-electron chi connectivity index (χ0n) is 25.4. The van der Waals surface area contributed by atoms with Crippen LogP contribution in [0.15, 0.2) is 60.9 Å². The van der Waals surface area contributed by atoms with Gasteiger partial charge in [-0.3, -0.25) is 9.69 Å². The number of nitrogens with zero attached hydrogens (tertiary/aromatic N) is 4. The molecule has 7 nitrogen and oxygen atoms in total. The number of nitrogens with one attached hydrogen (secondary N) is 2. The van der Waals surface area contributed by atoms with Crippen molar-refractivity contribution in [2.45, 2.75) is 60.1 Å². The van der Waals surface area contributed by atoms with Gasteiger partial charge in [0.1, 0.15) is 11.6 Å². The normalized spacial score (nSPS) is 12.7. The number of amides is 1. The number of halogens is 2. The third-order valence-corrected chi connectivity index (χ3v) is 7.52. The second-order valence-corrected chi connectivity index (χ2v) is 11.7. The summed E-state index contributed by atoms with van der Waals surface area (Å²) in [4.78, 5) is 31.9. The summed E-state index contributed by atoms with van der Waals surface area (Å²) in [6.45, 7) is 9.77. The van der Waals surface area contributed by atoms with Crippen LogP contribution in [0.2, 0.25) is 0 Å². The molecule has 0 aliphatic carbocycles. The fourth-order valence-corrected chi connectivity index (χ4v) is 4.88. The summed E-state index contributed by atoms with van der Waals surface area (Å²) in [5.41, 5.74) is 5.91. The van der Waals surface area contributed by atoms with E-state index >= 15 is 0 Å². The fourth-order valence-electron chi connectivity index (χ4n) is 4.88. The van der Waals surface area contributed by atoms with E-state index in [1.54, 1.807) is 13.1 Å². The number of carbonyl (C=O) groups excluding carboxylic acids is 1. The Morgan fingerprint density at radius 3 is 1.71 bits per heavy atom. The summed E-state index contributed by atoms with van der Waals surface area (Å²) < 4.78 is 27.8. The Morgan fingerprint density at radius 1 is 0.833 bits per heavy atom. The Balaban J connectivity index is 1.43. The molecule has 2 aromatic heterocycles. The van der Waals surface area contributed by atoms with E-state index in [1.807, 2.05) is 44.3 Å². The first-order valence-electron chi connectivity index (χ1n) is 14.6. The lowest BCUT2D eigenvalue weighted by molar-refractivity contribution is -0.142. The summed E-state index contributed by atoms with van der Waals surface area (Å²) in [6, 6.07) is 16.4. The molecule has 4 rings (SSSR count). The van der Waals surface area contributed by atoms with Gasteiger partial charge in [0.2, 0.25) is 5.91 Å². The molecule has 0 saturated carbocycles. The second-order valence-electron chi connectivity index (χ2n) is 11.7. The highest BCUT2D eigenvalue weighted by Crippen LogP contribution is 2.27. The van der Waals surface area contributed by atoms with Crippen molar-refractivity contribution in [3.8, 4) is 33.6 Å². The van der Waals surface area contributed by atoms with Crippen LogP contribution in [0.25, 0.3) is 33.6 Å². The van der Waals surface area contributed by atoms with Gasteiger partial charge in [0.15, 0.2) is 0 Å². The number of imidazole rings is 2. The van der Waals surface area contributed by atoms with E-state index in [1.165, 1.54) is 4.90 Å². The van der Waals surface area contributed by atoms with Crippen LogP contribution in [-0.2, 0) is 17.9 Å². The average Bonchev–Trinajstić information content (AvgIpc) is 3.61. The van der Waals surface area contributed by atoms with Gasteiger partial charge in [-0.1, -0.05) is 76.2 Å². The first-order chi connectivity index (χ1) is 19.9. The number of rotatable bonds is 13. The number of alkyl halides is 2. The van der Waals surface area contributed by atoms with Crippen molar-refractivity contribution < 1.29 is 13.6 Å². The average molecular weight is 577 g/mol. The van der Waals surface area contributed by atoms with Gasteiger partial charge in [-0.25, -0.2) is 18.7 Å². The first kappa shape index (κ1) is 31.1. The van der Waals surface area contributed by atoms with Gasteiger partial charge in [-0.05, 0) is 48.2 Å². The minimum Gasteiger partial charge on any atom is -0.341 e. The summed E-state index contributed by atoms with van der Waals surface area (Å²) in [7, 11) is 2.10. The van der Waals surface area contributed by atoms with E-state index in [4.69, 9.17) is 0 Å². The van der Waals surface area contributed by atoms with Crippen molar-refractivity contribution in [1.82, 2.24) is 29.7 Å². The Labute approximate surface area is 247 Å². The highest BCUT2D eigenvalue weighted by Gasteiger charge is 2.32. The summed E-state index contributed by atoms with van der Waals surface area (Å²) in [5, 5.41) is 0. The van der Waals surface area contributed by atoms with Crippen LogP contribution in [0, 0.1) is 11.8 Å². The van der Waals surface area contributed by atoms with Crippen LogP contribution in [0.4, 0.5) is 8.78 Å². The van der Waals surface area contributed by atoms with E-state index < -0.39 is 12.5 Å². The SMILES string of the molecule is CCCN(C)Cc1ncc(-c2ccc(-c3ccc(-c4cnc(CN(CC(C)(F)F)C(=O)C(C)C(C)C)[nH]4)cc3)cc2)[nH]1. The Hall–Kier alpha value is -3.85. The van der Waals surface area contributed by atoms with Gasteiger partial charge >= 0.3 is 0 Å². The summed E-state index contributed by atoms with van der Waals surface area (Å²) in [6.07, 6.45) is 4.67. The van der Waals surface area contributed by atoms with Gasteiger partial charge in [0.05, 0.1) is 43.4 Å². The van der Waals surface area contributed by atoms with Gasteiger partial charge in [0, 0.05) is 12.8 Å². The number of hydrogen-bond acceptors (Lipinski definition) is 4. The van der Waals surface area contributed by atoms with Crippen LogP contribution in [0.5, 0.6) is 0 Å². The fraction of sp³-hybridized carbons (Fsp3) is 0.424. The number of benzene rings is 2. The maximum absolute atomic E-state index is 13.9. The van der Waals surface area contributed by atoms with E-state index in [0.717, 1.165) is 65.9 Å². The third kappa shape index (κ3) is 8.12. The number of aromatic nitrogens is 4. The lowest BCUT2D eigenvalue weighted by Crippen LogP contribution is -2.42. The zero-order chi connectivity index (χ0) is 30.4. The third-order valence-electron chi connectivity index (χ3n) is 7.52. The number of aromatic amines is 2. The maximum atomic E-state index is 13.9. The molecule has 2 N–H and O–H groups in total. The molecular weight excluding hydrogens is 534 g/mol. The van der Waals surface area contributed by atoms with Crippen LogP contribution in [0.1, 0.15) is 52.7 Å². The molecule has 0 fully saturated rings. The molecule has 42 heavy (non-hydrogen) atoms. The predicted molar refractivity (Wildman–Crippen MR) is 164 cm³/mol. The Kier molecular flexibility index (Phi) is 9.93. The standard InChI is InChI=1S/C33H42F2N6O/c1-7-16-40(6)19-30-36-17-28(38-30)26-12-8-24(9-13-26)25-10-14-27(15-11-25)29-18-37-31(39-29)20-41(21-33(5,34)35)32(42)23(4)22(2)3/h8-15,17-18,22-23H,7,16,19-21H2,1-6H3,(H,36,38)(H,37,39). The van der Waals surface area contributed by atoms with E-state index in [2.05, 4.69) is 63.1 Å². The van der Waals surface area contributed by atoms with Crippen molar-refractivity contribution in [2.24, 2.45) is 11.8 Å². The molecular formula is C33H42F2N6O.